The molecule has 2 rings (SSSR count). The van der Waals surface area contributed by atoms with Crippen molar-refractivity contribution in [1.82, 2.24) is 9.97 Å². The molecule has 0 radical (unpaired) electrons. The Hall–Kier alpha value is -2.30. The summed E-state index contributed by atoms with van der Waals surface area (Å²) in [5.41, 5.74) is 8.88. The largest absolute Gasteiger partial charge is 0.495 e. The van der Waals surface area contributed by atoms with Gasteiger partial charge in [0.25, 0.3) is 0 Å². The van der Waals surface area contributed by atoms with Crippen molar-refractivity contribution in [2.24, 2.45) is 0 Å². The minimum Gasteiger partial charge on any atom is -0.495 e. The molecule has 0 amide bonds. The van der Waals surface area contributed by atoms with Crippen LogP contribution in [0.4, 0.5) is 11.5 Å². The number of aryl methyl sites for hydroxylation is 2. The van der Waals surface area contributed by atoms with Gasteiger partial charge in [-0.05, 0) is 37.1 Å². The normalized spacial score (nSPS) is 10.3. The number of hydrogen-bond donors (Lipinski definition) is 2. The van der Waals surface area contributed by atoms with Gasteiger partial charge in [0.15, 0.2) is 0 Å². The SMILES string of the molecule is COc1cc(C)cc(C)c1NCc1nccc(N)n1. The van der Waals surface area contributed by atoms with Crippen molar-refractivity contribution in [3.05, 3.63) is 41.3 Å². The first kappa shape index (κ1) is 13.1. The number of nitrogen functional groups attached to an aromatic ring is 1. The summed E-state index contributed by atoms with van der Waals surface area (Å²) in [6, 6.07) is 5.77. The molecule has 0 atom stereocenters. The van der Waals surface area contributed by atoms with Crippen molar-refractivity contribution in [2.45, 2.75) is 20.4 Å². The zero-order chi connectivity index (χ0) is 13.8. The Morgan fingerprint density at radius 1 is 1.32 bits per heavy atom. The van der Waals surface area contributed by atoms with E-state index in [0.29, 0.717) is 18.2 Å². The van der Waals surface area contributed by atoms with E-state index in [-0.39, 0.29) is 0 Å². The molecule has 5 heteroatoms. The molecule has 2 aromatic rings. The van der Waals surface area contributed by atoms with Crippen LogP contribution in [-0.4, -0.2) is 17.1 Å². The van der Waals surface area contributed by atoms with E-state index >= 15 is 0 Å². The van der Waals surface area contributed by atoms with Crippen LogP contribution in [0.15, 0.2) is 24.4 Å². The first-order valence-electron chi connectivity index (χ1n) is 6.06. The second-order valence-corrected chi connectivity index (χ2v) is 4.41. The molecule has 1 aromatic heterocycles. The maximum Gasteiger partial charge on any atom is 0.149 e. The van der Waals surface area contributed by atoms with E-state index in [9.17, 15) is 0 Å². The van der Waals surface area contributed by atoms with Gasteiger partial charge < -0.3 is 15.8 Å². The third-order valence-corrected chi connectivity index (χ3v) is 2.81. The molecule has 0 saturated carbocycles. The molecule has 1 aromatic carbocycles. The predicted octanol–water partition coefficient (Wildman–Crippen LogP) is 2.30. The summed E-state index contributed by atoms with van der Waals surface area (Å²) >= 11 is 0. The van der Waals surface area contributed by atoms with Crippen molar-refractivity contribution in [3.8, 4) is 5.75 Å². The van der Waals surface area contributed by atoms with Gasteiger partial charge in [0.2, 0.25) is 0 Å². The van der Waals surface area contributed by atoms with Crippen LogP contribution in [0.2, 0.25) is 0 Å². The molecule has 0 unspecified atom stereocenters. The second-order valence-electron chi connectivity index (χ2n) is 4.41. The Morgan fingerprint density at radius 2 is 2.11 bits per heavy atom. The standard InChI is InChI=1S/C14H18N4O/c1-9-6-10(2)14(11(7-9)19-3)17-8-13-16-5-4-12(15)18-13/h4-7,17H,8H2,1-3H3,(H2,15,16,18). The number of methoxy groups -OCH3 is 1. The van der Waals surface area contributed by atoms with Gasteiger partial charge in [-0.2, -0.15) is 0 Å². The second kappa shape index (κ2) is 5.56. The zero-order valence-corrected chi connectivity index (χ0v) is 11.4. The highest BCUT2D eigenvalue weighted by Gasteiger charge is 2.08. The van der Waals surface area contributed by atoms with Crippen LogP contribution in [-0.2, 0) is 6.54 Å². The molecule has 0 spiro atoms. The molecule has 0 bridgehead atoms. The molecular weight excluding hydrogens is 240 g/mol. The number of nitrogens with zero attached hydrogens (tertiary/aromatic N) is 2. The summed E-state index contributed by atoms with van der Waals surface area (Å²) in [5.74, 6) is 1.95. The summed E-state index contributed by atoms with van der Waals surface area (Å²) in [6.07, 6.45) is 1.65. The summed E-state index contributed by atoms with van der Waals surface area (Å²) < 4.78 is 5.39. The van der Waals surface area contributed by atoms with E-state index in [1.165, 1.54) is 5.56 Å². The van der Waals surface area contributed by atoms with E-state index in [2.05, 4.69) is 21.4 Å². The van der Waals surface area contributed by atoms with Gasteiger partial charge in [0.1, 0.15) is 17.4 Å². The molecule has 1 heterocycles. The van der Waals surface area contributed by atoms with Crippen LogP contribution in [0.5, 0.6) is 5.75 Å². The monoisotopic (exact) mass is 258 g/mol. The highest BCUT2D eigenvalue weighted by molar-refractivity contribution is 5.63. The highest BCUT2D eigenvalue weighted by Crippen LogP contribution is 2.29. The fourth-order valence-corrected chi connectivity index (χ4v) is 1.98. The number of aromatic nitrogens is 2. The van der Waals surface area contributed by atoms with Crippen molar-refractivity contribution in [2.75, 3.05) is 18.2 Å². The van der Waals surface area contributed by atoms with Gasteiger partial charge in [-0.15, -0.1) is 0 Å². The maximum atomic E-state index is 5.63. The maximum absolute atomic E-state index is 5.63. The van der Waals surface area contributed by atoms with Crippen LogP contribution in [0.25, 0.3) is 0 Å². The first-order valence-corrected chi connectivity index (χ1v) is 6.06. The molecule has 0 aliphatic carbocycles. The van der Waals surface area contributed by atoms with Crippen LogP contribution in [0.1, 0.15) is 17.0 Å². The van der Waals surface area contributed by atoms with Crippen LogP contribution < -0.4 is 15.8 Å². The number of ether oxygens (including phenoxy) is 1. The lowest BCUT2D eigenvalue weighted by Crippen LogP contribution is -2.07. The molecule has 0 aliphatic rings. The lowest BCUT2D eigenvalue weighted by molar-refractivity contribution is 0.416. The fourth-order valence-electron chi connectivity index (χ4n) is 1.98. The summed E-state index contributed by atoms with van der Waals surface area (Å²) in [5, 5.41) is 3.30. The average molecular weight is 258 g/mol. The summed E-state index contributed by atoms with van der Waals surface area (Å²) in [4.78, 5) is 8.32. The highest BCUT2D eigenvalue weighted by atomic mass is 16.5. The number of anilines is 2. The molecule has 0 fully saturated rings. The third kappa shape index (κ3) is 3.13. The Kier molecular flexibility index (Phi) is 3.85. The lowest BCUT2D eigenvalue weighted by atomic mass is 10.1. The molecule has 0 saturated heterocycles. The Balaban J connectivity index is 2.19. The fraction of sp³-hybridized carbons (Fsp3) is 0.286. The lowest BCUT2D eigenvalue weighted by Gasteiger charge is -2.14. The van der Waals surface area contributed by atoms with E-state index in [1.54, 1.807) is 19.4 Å². The smallest absolute Gasteiger partial charge is 0.149 e. The molecule has 19 heavy (non-hydrogen) atoms. The van der Waals surface area contributed by atoms with Gasteiger partial charge in [-0.25, -0.2) is 9.97 Å². The minimum atomic E-state index is 0.472. The molecule has 3 N–H and O–H groups in total. The van der Waals surface area contributed by atoms with Crippen molar-refractivity contribution >= 4 is 11.5 Å². The average Bonchev–Trinajstić information content (AvgIpc) is 2.37. The molecule has 5 nitrogen and oxygen atoms in total. The topological polar surface area (TPSA) is 73.1 Å². The quantitative estimate of drug-likeness (QED) is 0.880. The molecular formula is C14H18N4O. The van der Waals surface area contributed by atoms with Gasteiger partial charge in [0.05, 0.1) is 19.3 Å². The van der Waals surface area contributed by atoms with Crippen molar-refractivity contribution < 1.29 is 4.74 Å². The first-order chi connectivity index (χ1) is 9.10. The van der Waals surface area contributed by atoms with Gasteiger partial charge >= 0.3 is 0 Å². The van der Waals surface area contributed by atoms with Crippen molar-refractivity contribution in [3.63, 3.8) is 0 Å². The van der Waals surface area contributed by atoms with Crippen LogP contribution in [0, 0.1) is 13.8 Å². The Bertz CT molecular complexity index is 584. The zero-order valence-electron chi connectivity index (χ0n) is 11.4. The number of hydrogen-bond acceptors (Lipinski definition) is 5. The van der Waals surface area contributed by atoms with Gasteiger partial charge in [-0.3, -0.25) is 0 Å². The van der Waals surface area contributed by atoms with Gasteiger partial charge in [-0.1, -0.05) is 6.07 Å². The number of nitrogens with two attached hydrogens (primary N) is 1. The molecule has 100 valence electrons. The molecule has 0 aliphatic heterocycles. The van der Waals surface area contributed by atoms with E-state index in [1.807, 2.05) is 19.9 Å². The van der Waals surface area contributed by atoms with Crippen LogP contribution in [0.3, 0.4) is 0 Å². The van der Waals surface area contributed by atoms with E-state index < -0.39 is 0 Å². The van der Waals surface area contributed by atoms with E-state index in [0.717, 1.165) is 17.0 Å². The summed E-state index contributed by atoms with van der Waals surface area (Å²) in [7, 11) is 1.66. The van der Waals surface area contributed by atoms with Crippen molar-refractivity contribution in [1.29, 1.82) is 0 Å². The third-order valence-electron chi connectivity index (χ3n) is 2.81. The number of nitrogens with one attached hydrogen (secondary N) is 1. The summed E-state index contributed by atoms with van der Waals surface area (Å²) in [6.45, 7) is 4.59. The minimum absolute atomic E-state index is 0.472. The van der Waals surface area contributed by atoms with Crippen LogP contribution >= 0.6 is 0 Å². The number of benzene rings is 1. The Labute approximate surface area is 112 Å². The van der Waals surface area contributed by atoms with Gasteiger partial charge in [0, 0.05) is 6.20 Å². The number of rotatable bonds is 4. The van der Waals surface area contributed by atoms with E-state index in [4.69, 9.17) is 10.5 Å². The predicted molar refractivity (Wildman–Crippen MR) is 76.2 cm³/mol. The Morgan fingerprint density at radius 3 is 2.79 bits per heavy atom.